The topological polar surface area (TPSA) is 38.7 Å². The molecule has 0 spiro atoms. The van der Waals surface area contributed by atoms with E-state index < -0.39 is 0 Å². The molecule has 1 aliphatic heterocycles. The Hall–Kier alpha value is -1.65. The molecule has 1 heterocycles. The molecule has 1 aliphatic rings. The largest absolute Gasteiger partial charge is 0.454 e. The van der Waals surface area contributed by atoms with Gasteiger partial charge in [0.2, 0.25) is 6.79 Å². The summed E-state index contributed by atoms with van der Waals surface area (Å²) in [6.45, 7) is 0.228. The SMILES string of the molecule is CSc1ccc(-c2cc3c(cc2CO)OCO3)cc1. The quantitative estimate of drug-likeness (QED) is 0.872. The van der Waals surface area contributed by atoms with E-state index in [4.69, 9.17) is 9.47 Å². The van der Waals surface area contributed by atoms with Crippen LogP contribution in [0.4, 0.5) is 0 Å². The van der Waals surface area contributed by atoms with Crippen molar-refractivity contribution in [3.63, 3.8) is 0 Å². The summed E-state index contributed by atoms with van der Waals surface area (Å²) < 4.78 is 10.7. The van der Waals surface area contributed by atoms with Crippen LogP contribution in [0.15, 0.2) is 41.3 Å². The van der Waals surface area contributed by atoms with Crippen LogP contribution >= 0.6 is 11.8 Å². The zero-order chi connectivity index (χ0) is 13.2. The minimum atomic E-state index is -0.0176. The molecule has 0 fully saturated rings. The van der Waals surface area contributed by atoms with Gasteiger partial charge in [0, 0.05) is 4.90 Å². The number of rotatable bonds is 3. The summed E-state index contributed by atoms with van der Waals surface area (Å²) in [4.78, 5) is 1.22. The van der Waals surface area contributed by atoms with Crippen LogP contribution < -0.4 is 9.47 Å². The summed E-state index contributed by atoms with van der Waals surface area (Å²) in [7, 11) is 0. The zero-order valence-electron chi connectivity index (χ0n) is 10.6. The first-order valence-electron chi connectivity index (χ1n) is 5.99. The average Bonchev–Trinajstić information content (AvgIpc) is 2.93. The first-order valence-corrected chi connectivity index (χ1v) is 7.22. The molecule has 0 bridgehead atoms. The molecular weight excluding hydrogens is 260 g/mol. The van der Waals surface area contributed by atoms with Gasteiger partial charge in [0.05, 0.1) is 6.61 Å². The molecule has 0 aromatic heterocycles. The van der Waals surface area contributed by atoms with Crippen LogP contribution in [-0.2, 0) is 6.61 Å². The van der Waals surface area contributed by atoms with Gasteiger partial charge >= 0.3 is 0 Å². The van der Waals surface area contributed by atoms with Gasteiger partial charge in [0.1, 0.15) is 0 Å². The molecule has 3 rings (SSSR count). The second-order valence-electron chi connectivity index (χ2n) is 4.25. The third-order valence-corrected chi connectivity index (χ3v) is 3.91. The van der Waals surface area contributed by atoms with Gasteiger partial charge in [-0.15, -0.1) is 11.8 Å². The molecule has 4 heteroatoms. The zero-order valence-corrected chi connectivity index (χ0v) is 11.4. The highest BCUT2D eigenvalue weighted by atomic mass is 32.2. The van der Waals surface area contributed by atoms with E-state index in [9.17, 15) is 5.11 Å². The van der Waals surface area contributed by atoms with Crippen LogP contribution in [0.3, 0.4) is 0 Å². The Morgan fingerprint density at radius 1 is 1.11 bits per heavy atom. The van der Waals surface area contributed by atoms with Crippen LogP contribution in [0.1, 0.15) is 5.56 Å². The number of hydrogen-bond donors (Lipinski definition) is 1. The van der Waals surface area contributed by atoms with Crippen LogP contribution in [-0.4, -0.2) is 18.2 Å². The van der Waals surface area contributed by atoms with Crippen LogP contribution in [0.5, 0.6) is 11.5 Å². The minimum Gasteiger partial charge on any atom is -0.454 e. The van der Waals surface area contributed by atoms with E-state index in [0.717, 1.165) is 22.4 Å². The van der Waals surface area contributed by atoms with Crippen molar-refractivity contribution in [3.8, 4) is 22.6 Å². The lowest BCUT2D eigenvalue weighted by molar-refractivity contribution is 0.174. The van der Waals surface area contributed by atoms with Gasteiger partial charge in [-0.1, -0.05) is 12.1 Å². The lowest BCUT2D eigenvalue weighted by Gasteiger charge is -2.10. The Morgan fingerprint density at radius 3 is 2.42 bits per heavy atom. The fourth-order valence-electron chi connectivity index (χ4n) is 2.15. The van der Waals surface area contributed by atoms with Crippen LogP contribution in [0.2, 0.25) is 0 Å². The normalized spacial score (nSPS) is 12.7. The van der Waals surface area contributed by atoms with E-state index in [1.54, 1.807) is 11.8 Å². The third kappa shape index (κ3) is 2.29. The predicted molar refractivity (Wildman–Crippen MR) is 75.7 cm³/mol. The number of fused-ring (bicyclic) bond motifs is 1. The number of aliphatic hydroxyl groups is 1. The summed E-state index contributed by atoms with van der Waals surface area (Å²) in [5.74, 6) is 1.44. The molecule has 0 radical (unpaired) electrons. The maximum Gasteiger partial charge on any atom is 0.231 e. The van der Waals surface area contributed by atoms with E-state index in [-0.39, 0.29) is 13.4 Å². The first kappa shape index (κ1) is 12.4. The first-order chi connectivity index (χ1) is 9.31. The lowest BCUT2D eigenvalue weighted by atomic mass is 9.99. The van der Waals surface area contributed by atoms with E-state index in [0.29, 0.717) is 5.75 Å². The van der Waals surface area contributed by atoms with Gasteiger partial charge in [-0.05, 0) is 47.2 Å². The van der Waals surface area contributed by atoms with Gasteiger partial charge in [-0.3, -0.25) is 0 Å². The van der Waals surface area contributed by atoms with Crippen molar-refractivity contribution < 1.29 is 14.6 Å². The molecule has 0 saturated carbocycles. The maximum absolute atomic E-state index is 9.51. The van der Waals surface area contributed by atoms with Crippen molar-refractivity contribution in [2.45, 2.75) is 11.5 Å². The Labute approximate surface area is 116 Å². The van der Waals surface area contributed by atoms with E-state index >= 15 is 0 Å². The number of benzene rings is 2. The Morgan fingerprint density at radius 2 is 1.79 bits per heavy atom. The second-order valence-corrected chi connectivity index (χ2v) is 5.13. The molecule has 1 N–H and O–H groups in total. The average molecular weight is 274 g/mol. The highest BCUT2D eigenvalue weighted by Crippen LogP contribution is 2.39. The molecule has 0 aliphatic carbocycles. The molecule has 2 aromatic rings. The van der Waals surface area contributed by atoms with Crippen molar-refractivity contribution in [2.24, 2.45) is 0 Å². The maximum atomic E-state index is 9.51. The molecule has 3 nitrogen and oxygen atoms in total. The van der Waals surface area contributed by atoms with E-state index in [2.05, 4.69) is 30.5 Å². The predicted octanol–water partition coefficient (Wildman–Crippen LogP) is 3.30. The molecule has 0 amide bonds. The molecule has 0 saturated heterocycles. The Bertz CT molecular complexity index is 593. The van der Waals surface area contributed by atoms with Crippen LogP contribution in [0.25, 0.3) is 11.1 Å². The van der Waals surface area contributed by atoms with Gasteiger partial charge in [-0.2, -0.15) is 0 Å². The Balaban J connectivity index is 2.07. The van der Waals surface area contributed by atoms with Gasteiger partial charge < -0.3 is 14.6 Å². The molecule has 2 aromatic carbocycles. The summed E-state index contributed by atoms with van der Waals surface area (Å²) >= 11 is 1.71. The van der Waals surface area contributed by atoms with Crippen LogP contribution in [0, 0.1) is 0 Å². The highest BCUT2D eigenvalue weighted by molar-refractivity contribution is 7.98. The van der Waals surface area contributed by atoms with Gasteiger partial charge in [0.25, 0.3) is 0 Å². The smallest absolute Gasteiger partial charge is 0.231 e. The number of aliphatic hydroxyl groups excluding tert-OH is 1. The van der Waals surface area contributed by atoms with Crippen molar-refractivity contribution in [2.75, 3.05) is 13.0 Å². The lowest BCUT2D eigenvalue weighted by Crippen LogP contribution is -1.92. The summed E-state index contributed by atoms with van der Waals surface area (Å²) in [5, 5.41) is 9.51. The highest BCUT2D eigenvalue weighted by Gasteiger charge is 2.17. The van der Waals surface area contributed by atoms with E-state index in [1.165, 1.54) is 4.90 Å². The summed E-state index contributed by atoms with van der Waals surface area (Å²) in [6.07, 6.45) is 2.05. The monoisotopic (exact) mass is 274 g/mol. The fourth-order valence-corrected chi connectivity index (χ4v) is 2.56. The van der Waals surface area contributed by atoms with Crippen molar-refractivity contribution >= 4 is 11.8 Å². The number of hydrogen-bond acceptors (Lipinski definition) is 4. The van der Waals surface area contributed by atoms with Crippen molar-refractivity contribution in [1.82, 2.24) is 0 Å². The minimum absolute atomic E-state index is 0.0176. The standard InChI is InChI=1S/C15H14O3S/c1-19-12-4-2-10(3-5-12)13-7-15-14(17-9-18-15)6-11(13)8-16/h2-7,16H,8-9H2,1H3. The molecule has 0 atom stereocenters. The van der Waals surface area contributed by atoms with Gasteiger partial charge in [-0.25, -0.2) is 0 Å². The second kappa shape index (κ2) is 5.15. The molecular formula is C15H14O3S. The van der Waals surface area contributed by atoms with Crippen molar-refractivity contribution in [1.29, 1.82) is 0 Å². The Kier molecular flexibility index (Phi) is 3.36. The molecule has 19 heavy (non-hydrogen) atoms. The summed E-state index contributed by atoms with van der Waals surface area (Å²) in [6, 6.07) is 12.0. The number of thioether (sulfide) groups is 1. The van der Waals surface area contributed by atoms with E-state index in [1.807, 2.05) is 12.1 Å². The summed E-state index contributed by atoms with van der Waals surface area (Å²) in [5.41, 5.74) is 2.90. The molecule has 0 unspecified atom stereocenters. The molecule has 98 valence electrons. The van der Waals surface area contributed by atoms with Gasteiger partial charge in [0.15, 0.2) is 11.5 Å². The van der Waals surface area contributed by atoms with Crippen molar-refractivity contribution in [3.05, 3.63) is 42.0 Å². The fraction of sp³-hybridized carbons (Fsp3) is 0.200. The number of ether oxygens (including phenoxy) is 2. The third-order valence-electron chi connectivity index (χ3n) is 3.17.